The Morgan fingerprint density at radius 3 is 2.50 bits per heavy atom. The molecule has 0 unspecified atom stereocenters. The van der Waals surface area contributed by atoms with Gasteiger partial charge in [-0.15, -0.1) is 0 Å². The average molecular weight is 401 g/mol. The van der Waals surface area contributed by atoms with E-state index in [-0.39, 0.29) is 10.8 Å². The number of aryl methyl sites for hydroxylation is 1. The van der Waals surface area contributed by atoms with E-state index in [4.69, 9.17) is 4.52 Å². The number of benzene rings is 2. The van der Waals surface area contributed by atoms with Crippen molar-refractivity contribution in [2.45, 2.75) is 30.6 Å². The van der Waals surface area contributed by atoms with Gasteiger partial charge in [-0.2, -0.15) is 9.29 Å². The summed E-state index contributed by atoms with van der Waals surface area (Å²) >= 11 is 0. The number of hydrogen-bond acceptors (Lipinski definition) is 5. The molecule has 6 nitrogen and oxygen atoms in total. The lowest BCUT2D eigenvalue weighted by Crippen LogP contribution is -2.38. The van der Waals surface area contributed by atoms with E-state index in [0.717, 1.165) is 23.3 Å². The molecule has 1 fully saturated rings. The average Bonchev–Trinajstić information content (AvgIpc) is 3.19. The zero-order chi connectivity index (χ0) is 19.7. The minimum Gasteiger partial charge on any atom is -0.334 e. The van der Waals surface area contributed by atoms with Gasteiger partial charge in [0.05, 0.1) is 4.90 Å². The number of piperidine rings is 1. The van der Waals surface area contributed by atoms with Crippen molar-refractivity contribution in [2.24, 2.45) is 0 Å². The predicted molar refractivity (Wildman–Crippen MR) is 102 cm³/mol. The highest BCUT2D eigenvalue weighted by atomic mass is 32.2. The summed E-state index contributed by atoms with van der Waals surface area (Å²) in [5, 5.41) is 4.11. The molecule has 8 heteroatoms. The van der Waals surface area contributed by atoms with Crippen LogP contribution in [0.2, 0.25) is 0 Å². The van der Waals surface area contributed by atoms with E-state index in [1.54, 1.807) is 0 Å². The second-order valence-corrected chi connectivity index (χ2v) is 8.90. The molecule has 1 saturated heterocycles. The molecular weight excluding hydrogens is 381 g/mol. The van der Waals surface area contributed by atoms with Crippen LogP contribution >= 0.6 is 0 Å². The van der Waals surface area contributed by atoms with Crippen LogP contribution in [-0.2, 0) is 10.0 Å². The summed E-state index contributed by atoms with van der Waals surface area (Å²) in [5.74, 6) is 0.663. The summed E-state index contributed by atoms with van der Waals surface area (Å²) in [4.78, 5) is 4.62. The minimum absolute atomic E-state index is 0.0435. The summed E-state index contributed by atoms with van der Waals surface area (Å²) in [6, 6.07) is 12.7. The van der Waals surface area contributed by atoms with Gasteiger partial charge < -0.3 is 4.52 Å². The van der Waals surface area contributed by atoms with Gasteiger partial charge in [0.2, 0.25) is 10.0 Å². The quantitative estimate of drug-likeness (QED) is 0.665. The second kappa shape index (κ2) is 7.44. The normalized spacial score (nSPS) is 16.4. The first kappa shape index (κ1) is 18.8. The van der Waals surface area contributed by atoms with Gasteiger partial charge in [-0.1, -0.05) is 22.9 Å². The van der Waals surface area contributed by atoms with Gasteiger partial charge in [0, 0.05) is 24.6 Å². The molecule has 4 rings (SSSR count). The molecule has 0 amide bonds. The van der Waals surface area contributed by atoms with E-state index < -0.39 is 15.8 Å². The topological polar surface area (TPSA) is 76.3 Å². The third-order valence-electron chi connectivity index (χ3n) is 4.98. The van der Waals surface area contributed by atoms with Gasteiger partial charge in [0.15, 0.2) is 5.82 Å². The highest BCUT2D eigenvalue weighted by Gasteiger charge is 2.31. The second-order valence-electron chi connectivity index (χ2n) is 6.96. The van der Waals surface area contributed by atoms with Crippen LogP contribution < -0.4 is 0 Å². The van der Waals surface area contributed by atoms with Crippen molar-refractivity contribution in [2.75, 3.05) is 13.1 Å². The zero-order valence-corrected chi connectivity index (χ0v) is 16.2. The van der Waals surface area contributed by atoms with Gasteiger partial charge in [0.1, 0.15) is 5.82 Å². The maximum atomic E-state index is 13.1. The Labute approximate surface area is 163 Å². The van der Waals surface area contributed by atoms with E-state index in [2.05, 4.69) is 10.1 Å². The Morgan fingerprint density at radius 2 is 1.82 bits per heavy atom. The summed E-state index contributed by atoms with van der Waals surface area (Å²) in [6.07, 6.45) is 1.21. The van der Waals surface area contributed by atoms with Crippen molar-refractivity contribution in [3.63, 3.8) is 0 Å². The predicted octanol–water partition coefficient (Wildman–Crippen LogP) is 3.75. The zero-order valence-electron chi connectivity index (χ0n) is 15.4. The van der Waals surface area contributed by atoms with Gasteiger partial charge >= 0.3 is 0 Å². The van der Waals surface area contributed by atoms with Gasteiger partial charge in [-0.05, 0) is 56.2 Å². The fourth-order valence-corrected chi connectivity index (χ4v) is 4.88. The Hall–Kier alpha value is -2.58. The van der Waals surface area contributed by atoms with Crippen LogP contribution in [0.4, 0.5) is 4.39 Å². The number of aromatic nitrogens is 2. The summed E-state index contributed by atoms with van der Waals surface area (Å²) in [7, 11) is -3.62. The highest BCUT2D eigenvalue weighted by Crippen LogP contribution is 2.30. The standard InChI is InChI=1S/C20H20FN3O3S/c1-14-3-2-4-16(13-14)20-22-19(23-27-20)15-9-11-24(12-10-15)28(25,26)18-7-5-17(21)6-8-18/h2-8,13,15H,9-12H2,1H3. The van der Waals surface area contributed by atoms with E-state index in [1.807, 2.05) is 31.2 Å². The molecule has 0 N–H and O–H groups in total. The fraction of sp³-hybridized carbons (Fsp3) is 0.300. The van der Waals surface area contributed by atoms with Crippen LogP contribution in [0.3, 0.4) is 0 Å². The van der Waals surface area contributed by atoms with Crippen molar-refractivity contribution in [1.82, 2.24) is 14.4 Å². The molecule has 0 saturated carbocycles. The SMILES string of the molecule is Cc1cccc(-c2nc(C3CCN(S(=O)(=O)c4ccc(F)cc4)CC3)no2)c1. The number of nitrogens with zero attached hydrogens (tertiary/aromatic N) is 3. The molecule has 1 aliphatic rings. The van der Waals surface area contributed by atoms with Crippen molar-refractivity contribution >= 4 is 10.0 Å². The largest absolute Gasteiger partial charge is 0.334 e. The lowest BCUT2D eigenvalue weighted by atomic mass is 9.97. The van der Waals surface area contributed by atoms with Crippen molar-refractivity contribution in [3.8, 4) is 11.5 Å². The van der Waals surface area contributed by atoms with Crippen LogP contribution in [0.25, 0.3) is 11.5 Å². The number of rotatable bonds is 4. The highest BCUT2D eigenvalue weighted by molar-refractivity contribution is 7.89. The van der Waals surface area contributed by atoms with Gasteiger partial charge in [-0.25, -0.2) is 12.8 Å². The first-order valence-electron chi connectivity index (χ1n) is 9.10. The molecule has 2 aromatic carbocycles. The van der Waals surface area contributed by atoms with Crippen LogP contribution in [0, 0.1) is 12.7 Å². The van der Waals surface area contributed by atoms with E-state index in [1.165, 1.54) is 16.4 Å². The third-order valence-corrected chi connectivity index (χ3v) is 6.89. The smallest absolute Gasteiger partial charge is 0.257 e. The molecule has 146 valence electrons. The van der Waals surface area contributed by atoms with E-state index in [0.29, 0.717) is 37.6 Å². The Bertz CT molecular complexity index is 1070. The maximum absolute atomic E-state index is 13.1. The van der Waals surface area contributed by atoms with Crippen LogP contribution in [0.1, 0.15) is 30.1 Å². The molecule has 2 heterocycles. The van der Waals surface area contributed by atoms with E-state index >= 15 is 0 Å². The molecule has 0 radical (unpaired) electrons. The number of hydrogen-bond donors (Lipinski definition) is 0. The molecule has 3 aromatic rings. The molecular formula is C20H20FN3O3S. The molecule has 0 spiro atoms. The summed E-state index contributed by atoms with van der Waals surface area (Å²) < 4.78 is 45.3. The number of sulfonamides is 1. The van der Waals surface area contributed by atoms with Crippen LogP contribution in [0.15, 0.2) is 57.9 Å². The van der Waals surface area contributed by atoms with E-state index in [9.17, 15) is 12.8 Å². The maximum Gasteiger partial charge on any atom is 0.257 e. The minimum atomic E-state index is -3.62. The molecule has 0 bridgehead atoms. The molecule has 0 atom stereocenters. The fourth-order valence-electron chi connectivity index (χ4n) is 3.41. The summed E-state index contributed by atoms with van der Waals surface area (Å²) in [6.45, 7) is 2.72. The monoisotopic (exact) mass is 401 g/mol. The van der Waals surface area contributed by atoms with Crippen molar-refractivity contribution < 1.29 is 17.3 Å². The Kier molecular flexibility index (Phi) is 4.99. The van der Waals surface area contributed by atoms with Crippen LogP contribution in [-0.4, -0.2) is 36.0 Å². The molecule has 1 aromatic heterocycles. The Morgan fingerprint density at radius 1 is 1.11 bits per heavy atom. The lowest BCUT2D eigenvalue weighted by Gasteiger charge is -2.29. The van der Waals surface area contributed by atoms with Crippen molar-refractivity contribution in [3.05, 3.63) is 65.7 Å². The molecule has 0 aliphatic carbocycles. The van der Waals surface area contributed by atoms with Crippen molar-refractivity contribution in [1.29, 1.82) is 0 Å². The number of halogens is 1. The van der Waals surface area contributed by atoms with Gasteiger partial charge in [-0.3, -0.25) is 0 Å². The Balaban J connectivity index is 1.45. The molecule has 1 aliphatic heterocycles. The lowest BCUT2D eigenvalue weighted by molar-refractivity contribution is 0.307. The van der Waals surface area contributed by atoms with Gasteiger partial charge in [0.25, 0.3) is 5.89 Å². The first-order valence-corrected chi connectivity index (χ1v) is 10.5. The molecule has 28 heavy (non-hydrogen) atoms. The third kappa shape index (κ3) is 3.70. The van der Waals surface area contributed by atoms with Crippen LogP contribution in [0.5, 0.6) is 0 Å². The first-order chi connectivity index (χ1) is 13.4. The summed E-state index contributed by atoms with van der Waals surface area (Å²) in [5.41, 5.74) is 1.98.